The summed E-state index contributed by atoms with van der Waals surface area (Å²) in [5.41, 5.74) is 1.70. The summed E-state index contributed by atoms with van der Waals surface area (Å²) in [4.78, 5) is 31.4. The maximum atomic E-state index is 13.5. The van der Waals surface area contributed by atoms with Gasteiger partial charge in [0.25, 0.3) is 0 Å². The minimum atomic E-state index is -0.963. The number of nitrogens with zero attached hydrogens (tertiary/aromatic N) is 3. The van der Waals surface area contributed by atoms with E-state index in [1.54, 1.807) is 30.3 Å². The van der Waals surface area contributed by atoms with Crippen LogP contribution in [0.2, 0.25) is 5.02 Å². The van der Waals surface area contributed by atoms with E-state index in [-0.39, 0.29) is 40.5 Å². The summed E-state index contributed by atoms with van der Waals surface area (Å²) in [6.45, 7) is 5.98. The van der Waals surface area contributed by atoms with Gasteiger partial charge in [0.15, 0.2) is 5.43 Å². The smallest absolute Gasteiger partial charge is 0.407 e. The molecule has 0 saturated carbocycles. The van der Waals surface area contributed by atoms with E-state index in [2.05, 4.69) is 9.80 Å². The van der Waals surface area contributed by atoms with Crippen LogP contribution in [-0.4, -0.2) is 82.6 Å². The van der Waals surface area contributed by atoms with E-state index in [9.17, 15) is 24.9 Å². The number of rotatable bonds is 5. The highest BCUT2D eigenvalue weighted by Gasteiger charge is 2.36. The van der Waals surface area contributed by atoms with Gasteiger partial charge in [0.05, 0.1) is 17.2 Å². The minimum absolute atomic E-state index is 0.0615. The van der Waals surface area contributed by atoms with Crippen LogP contribution in [0.25, 0.3) is 22.3 Å². The molecule has 3 atom stereocenters. The number of aliphatic hydroxyl groups excluding tert-OH is 1. The van der Waals surface area contributed by atoms with Gasteiger partial charge in [-0.25, -0.2) is 4.79 Å². The fourth-order valence-electron chi connectivity index (χ4n) is 6.53. The lowest BCUT2D eigenvalue weighted by molar-refractivity contribution is 0.0640. The third-order valence-electron chi connectivity index (χ3n) is 8.45. The molecule has 0 spiro atoms. The first-order valence-electron chi connectivity index (χ1n) is 14.3. The Morgan fingerprint density at radius 1 is 1.12 bits per heavy atom. The van der Waals surface area contributed by atoms with E-state index >= 15 is 0 Å². The molecular weight excluding hydrogens is 546 g/mol. The minimum Gasteiger partial charge on any atom is -0.507 e. The van der Waals surface area contributed by atoms with Crippen molar-refractivity contribution in [1.82, 2.24) is 9.80 Å². The van der Waals surface area contributed by atoms with E-state index in [1.165, 1.54) is 11.0 Å². The molecule has 1 unspecified atom stereocenters. The highest BCUT2D eigenvalue weighted by Crippen LogP contribution is 2.44. The van der Waals surface area contributed by atoms with Gasteiger partial charge in [-0.15, -0.1) is 0 Å². The number of likely N-dealkylation sites (tertiary alicyclic amines) is 1. The number of halogens is 1. The second-order valence-corrected chi connectivity index (χ2v) is 12.0. The van der Waals surface area contributed by atoms with Gasteiger partial charge in [0.2, 0.25) is 0 Å². The molecule has 0 radical (unpaired) electrons. The highest BCUT2D eigenvalue weighted by atomic mass is 35.5. The summed E-state index contributed by atoms with van der Waals surface area (Å²) >= 11 is 6.47. The van der Waals surface area contributed by atoms with Gasteiger partial charge in [-0.3, -0.25) is 4.79 Å². The first-order valence-corrected chi connectivity index (χ1v) is 14.7. The number of anilines is 1. The van der Waals surface area contributed by atoms with Gasteiger partial charge in [-0.1, -0.05) is 23.7 Å². The number of phenols is 1. The van der Waals surface area contributed by atoms with Crippen molar-refractivity contribution < 1.29 is 24.5 Å². The lowest BCUT2D eigenvalue weighted by Crippen LogP contribution is -2.49. The van der Waals surface area contributed by atoms with E-state index in [0.717, 1.165) is 25.8 Å². The molecule has 1 aromatic heterocycles. The van der Waals surface area contributed by atoms with Crippen LogP contribution in [0.5, 0.6) is 5.75 Å². The average molecular weight is 584 g/mol. The van der Waals surface area contributed by atoms with Crippen LogP contribution in [0.3, 0.4) is 0 Å². The monoisotopic (exact) mass is 583 g/mol. The fraction of sp³-hybridized carbons (Fsp3) is 0.484. The molecule has 10 heteroatoms. The Labute approximate surface area is 244 Å². The number of benzene rings is 2. The second-order valence-electron chi connectivity index (χ2n) is 11.6. The molecule has 2 aromatic carbocycles. The summed E-state index contributed by atoms with van der Waals surface area (Å²) in [7, 11) is 1.96. The quantitative estimate of drug-likeness (QED) is 0.368. The van der Waals surface area contributed by atoms with E-state index in [0.29, 0.717) is 47.9 Å². The van der Waals surface area contributed by atoms with Crippen molar-refractivity contribution >= 4 is 34.4 Å². The predicted octanol–water partition coefficient (Wildman–Crippen LogP) is 5.35. The molecule has 2 fully saturated rings. The van der Waals surface area contributed by atoms with Gasteiger partial charge in [-0.2, -0.15) is 0 Å². The van der Waals surface area contributed by atoms with Crippen molar-refractivity contribution in [2.24, 2.45) is 0 Å². The van der Waals surface area contributed by atoms with Crippen molar-refractivity contribution in [3.05, 3.63) is 57.2 Å². The number of aliphatic hydroxyl groups is 1. The Hall–Kier alpha value is -3.27. The Kier molecular flexibility index (Phi) is 8.50. The predicted molar refractivity (Wildman–Crippen MR) is 160 cm³/mol. The first-order chi connectivity index (χ1) is 19.6. The Bertz CT molecular complexity index is 1490. The van der Waals surface area contributed by atoms with Crippen LogP contribution in [0, 0.1) is 0 Å². The summed E-state index contributed by atoms with van der Waals surface area (Å²) < 4.78 is 6.46. The highest BCUT2D eigenvalue weighted by molar-refractivity contribution is 6.33. The molecule has 0 bridgehead atoms. The molecule has 41 heavy (non-hydrogen) atoms. The maximum absolute atomic E-state index is 13.5. The number of hydrogen-bond donors (Lipinski definition) is 3. The summed E-state index contributed by atoms with van der Waals surface area (Å²) in [6, 6.07) is 9.57. The van der Waals surface area contributed by atoms with Gasteiger partial charge in [0.1, 0.15) is 22.5 Å². The van der Waals surface area contributed by atoms with Crippen LogP contribution >= 0.6 is 11.6 Å². The number of hydrogen-bond acceptors (Lipinski definition) is 7. The van der Waals surface area contributed by atoms with Crippen LogP contribution in [0.1, 0.15) is 51.0 Å². The fourth-order valence-corrected chi connectivity index (χ4v) is 6.75. The Morgan fingerprint density at radius 2 is 1.88 bits per heavy atom. The molecule has 2 aliphatic rings. The van der Waals surface area contributed by atoms with Crippen molar-refractivity contribution in [1.29, 1.82) is 0 Å². The largest absolute Gasteiger partial charge is 0.507 e. The lowest BCUT2D eigenvalue weighted by atomic mass is 9.84. The molecule has 3 aromatic rings. The van der Waals surface area contributed by atoms with E-state index in [1.807, 2.05) is 20.9 Å². The van der Waals surface area contributed by atoms with Crippen LogP contribution in [0.4, 0.5) is 10.5 Å². The number of likely N-dealkylation sites (N-methyl/N-ethyl adjacent to an activating group) is 1. The second kappa shape index (κ2) is 11.9. The zero-order chi connectivity index (χ0) is 29.4. The average Bonchev–Trinajstić information content (AvgIpc) is 3.14. The number of phenolic OH excluding ortho intramolecular Hbond substituents is 1. The van der Waals surface area contributed by atoms with Crippen molar-refractivity contribution in [2.75, 3.05) is 38.1 Å². The molecule has 3 heterocycles. The topological polar surface area (TPSA) is 118 Å². The maximum Gasteiger partial charge on any atom is 0.407 e. The third kappa shape index (κ3) is 5.76. The van der Waals surface area contributed by atoms with Gasteiger partial charge >= 0.3 is 6.09 Å². The molecule has 220 valence electrons. The number of carbonyl (C=O) groups is 1. The van der Waals surface area contributed by atoms with Crippen LogP contribution in [0.15, 0.2) is 45.6 Å². The SMILES string of the molecule is CC(C)N(C(=O)O)C1CCCCN(c2cc(O)c3c(=O)cc(-c4ccccc4Cl)oc3c2[C@H]2CCN(C)C[C@H]2O)C1. The zero-order valence-corrected chi connectivity index (χ0v) is 24.5. The third-order valence-corrected chi connectivity index (χ3v) is 8.78. The number of fused-ring (bicyclic) bond motifs is 1. The van der Waals surface area contributed by atoms with Gasteiger partial charge in [-0.05, 0) is 65.3 Å². The number of carboxylic acid groups (broad SMARTS) is 1. The number of amides is 1. The zero-order valence-electron chi connectivity index (χ0n) is 23.7. The Morgan fingerprint density at radius 3 is 2.56 bits per heavy atom. The standard InChI is InChI=1S/C31H38ClN3O6/c1-18(2)35(31(39)40)19-8-6-7-12-34(16-19)23-14-24(36)29-25(37)15-27(20-9-4-5-10-22(20)32)41-30(29)28(23)21-11-13-33(3)17-26(21)38/h4-5,9-10,14-15,18-19,21,26,36,38H,6-8,11-13,16-17H2,1-3H3,(H,39,40)/t19?,21-,26+/m0/s1. The molecule has 2 saturated heterocycles. The van der Waals surface area contributed by atoms with Crippen molar-refractivity contribution in [2.45, 2.75) is 63.6 Å². The normalized spacial score (nSPS) is 22.2. The molecule has 2 aliphatic heterocycles. The van der Waals surface area contributed by atoms with Crippen LogP contribution < -0.4 is 10.3 Å². The molecule has 3 N–H and O–H groups in total. The van der Waals surface area contributed by atoms with Crippen molar-refractivity contribution in [3.63, 3.8) is 0 Å². The summed E-state index contributed by atoms with van der Waals surface area (Å²) in [5, 5.41) is 33.1. The lowest BCUT2D eigenvalue weighted by Gasteiger charge is -2.39. The Balaban J connectivity index is 1.74. The summed E-state index contributed by atoms with van der Waals surface area (Å²) in [5.74, 6) is -0.296. The summed E-state index contributed by atoms with van der Waals surface area (Å²) in [6.07, 6.45) is 1.33. The van der Waals surface area contributed by atoms with E-state index < -0.39 is 17.6 Å². The first kappa shape index (κ1) is 29.2. The molecule has 9 nitrogen and oxygen atoms in total. The number of aromatic hydroxyl groups is 1. The van der Waals surface area contributed by atoms with Gasteiger partial charge in [0, 0.05) is 60.5 Å². The molecular formula is C31H38ClN3O6. The number of piperidine rings is 1. The molecule has 1 amide bonds. The van der Waals surface area contributed by atoms with Crippen LogP contribution in [-0.2, 0) is 0 Å². The molecule has 5 rings (SSSR count). The van der Waals surface area contributed by atoms with Crippen molar-refractivity contribution in [3.8, 4) is 17.1 Å². The number of β-amino-alcohol motifs (C(OH)–C–C–N with tert-alkyl or cyclic N) is 1. The molecule has 0 aliphatic carbocycles. The van der Waals surface area contributed by atoms with E-state index in [4.69, 9.17) is 16.0 Å². The van der Waals surface area contributed by atoms with Gasteiger partial charge < -0.3 is 34.4 Å².